The topological polar surface area (TPSA) is 24.9 Å². The summed E-state index contributed by atoms with van der Waals surface area (Å²) >= 11 is 8.27. The smallest absolute Gasteiger partial charge is 0.0548 e. The van der Waals surface area contributed by atoms with Gasteiger partial charge in [-0.15, -0.1) is 11.8 Å². The molecule has 1 aliphatic heterocycles. The van der Waals surface area contributed by atoms with Gasteiger partial charge >= 0.3 is 0 Å². The number of thioether (sulfide) groups is 1. The molecule has 0 amide bonds. The lowest BCUT2D eigenvalue weighted by molar-refractivity contribution is 0.531. The molecule has 2 aromatic rings. The molecule has 0 atom stereocenters. The van der Waals surface area contributed by atoms with Crippen molar-refractivity contribution in [2.45, 2.75) is 23.0 Å². The third-order valence-corrected chi connectivity index (χ3v) is 5.09. The molecule has 18 heavy (non-hydrogen) atoms. The van der Waals surface area contributed by atoms with E-state index in [9.17, 15) is 0 Å². The number of nitrogens with zero attached hydrogens (tertiary/aromatic N) is 1. The van der Waals surface area contributed by atoms with Crippen molar-refractivity contribution in [2.24, 2.45) is 0 Å². The number of nitrogens with one attached hydrogen (secondary N) is 1. The zero-order chi connectivity index (χ0) is 12.4. The normalized spacial score (nSPS) is 17.2. The molecule has 1 N–H and O–H groups in total. The van der Waals surface area contributed by atoms with Crippen molar-refractivity contribution in [2.75, 3.05) is 13.1 Å². The van der Waals surface area contributed by atoms with Crippen LogP contribution < -0.4 is 5.32 Å². The van der Waals surface area contributed by atoms with Gasteiger partial charge < -0.3 is 5.32 Å². The van der Waals surface area contributed by atoms with Crippen molar-refractivity contribution < 1.29 is 0 Å². The molecular formula is C14H15ClN2S. The van der Waals surface area contributed by atoms with E-state index in [1.165, 1.54) is 23.1 Å². The van der Waals surface area contributed by atoms with Crippen LogP contribution in [0.2, 0.25) is 5.02 Å². The number of halogens is 1. The van der Waals surface area contributed by atoms with Gasteiger partial charge in [0.15, 0.2) is 0 Å². The molecule has 0 aliphatic carbocycles. The van der Waals surface area contributed by atoms with Crippen LogP contribution >= 0.6 is 23.4 Å². The summed E-state index contributed by atoms with van der Waals surface area (Å²) in [6.45, 7) is 2.24. The fourth-order valence-corrected chi connectivity index (χ4v) is 3.77. The zero-order valence-electron chi connectivity index (χ0n) is 10.0. The fraction of sp³-hybridized carbons (Fsp3) is 0.357. The quantitative estimate of drug-likeness (QED) is 0.906. The first-order valence-electron chi connectivity index (χ1n) is 6.23. The monoisotopic (exact) mass is 278 g/mol. The molecule has 0 unspecified atom stereocenters. The van der Waals surface area contributed by atoms with Crippen LogP contribution in [0.4, 0.5) is 0 Å². The van der Waals surface area contributed by atoms with Gasteiger partial charge in [0.05, 0.1) is 5.02 Å². The van der Waals surface area contributed by atoms with Gasteiger partial charge in [0.2, 0.25) is 0 Å². The van der Waals surface area contributed by atoms with Gasteiger partial charge in [-0.2, -0.15) is 0 Å². The van der Waals surface area contributed by atoms with Crippen LogP contribution in [0.15, 0.2) is 35.5 Å². The summed E-state index contributed by atoms with van der Waals surface area (Å²) < 4.78 is 0. The summed E-state index contributed by atoms with van der Waals surface area (Å²) in [5.74, 6) is 0. The number of aromatic nitrogens is 1. The molecule has 2 nitrogen and oxygen atoms in total. The summed E-state index contributed by atoms with van der Waals surface area (Å²) in [5.41, 5.74) is 0. The Kier molecular flexibility index (Phi) is 3.73. The SMILES string of the molecule is Clc1cc2cnccc2cc1SC1CCNCC1. The zero-order valence-corrected chi connectivity index (χ0v) is 11.6. The highest BCUT2D eigenvalue weighted by Crippen LogP contribution is 2.36. The molecule has 1 aromatic carbocycles. The van der Waals surface area contributed by atoms with Gasteiger partial charge in [-0.25, -0.2) is 0 Å². The van der Waals surface area contributed by atoms with Gasteiger partial charge in [-0.05, 0) is 49.5 Å². The molecule has 0 radical (unpaired) electrons. The maximum Gasteiger partial charge on any atom is 0.0548 e. The largest absolute Gasteiger partial charge is 0.317 e. The molecule has 94 valence electrons. The second-order valence-corrected chi connectivity index (χ2v) is 6.32. The van der Waals surface area contributed by atoms with E-state index >= 15 is 0 Å². The number of hydrogen-bond acceptors (Lipinski definition) is 3. The highest BCUT2D eigenvalue weighted by molar-refractivity contribution is 8.00. The molecule has 2 heterocycles. The van der Waals surface area contributed by atoms with E-state index in [4.69, 9.17) is 11.6 Å². The Labute approximate surface area is 116 Å². The summed E-state index contributed by atoms with van der Waals surface area (Å²) in [6, 6.07) is 6.25. The molecule has 0 spiro atoms. The van der Waals surface area contributed by atoms with Crippen molar-refractivity contribution in [1.82, 2.24) is 10.3 Å². The average Bonchev–Trinajstić information content (AvgIpc) is 2.41. The van der Waals surface area contributed by atoms with E-state index in [-0.39, 0.29) is 0 Å². The Balaban J connectivity index is 1.88. The molecule has 1 saturated heterocycles. The number of hydrogen-bond donors (Lipinski definition) is 1. The minimum atomic E-state index is 0.683. The second-order valence-electron chi connectivity index (χ2n) is 4.57. The molecule has 3 rings (SSSR count). The molecule has 1 aliphatic rings. The predicted molar refractivity (Wildman–Crippen MR) is 78.5 cm³/mol. The molecular weight excluding hydrogens is 264 g/mol. The third-order valence-electron chi connectivity index (χ3n) is 3.27. The highest BCUT2D eigenvalue weighted by atomic mass is 35.5. The van der Waals surface area contributed by atoms with Gasteiger partial charge in [0.1, 0.15) is 0 Å². The van der Waals surface area contributed by atoms with Crippen molar-refractivity contribution in [1.29, 1.82) is 0 Å². The summed E-state index contributed by atoms with van der Waals surface area (Å²) in [4.78, 5) is 5.32. The minimum Gasteiger partial charge on any atom is -0.317 e. The Morgan fingerprint density at radius 3 is 2.89 bits per heavy atom. The van der Waals surface area contributed by atoms with Crippen LogP contribution in [0.3, 0.4) is 0 Å². The molecule has 1 aromatic heterocycles. The van der Waals surface area contributed by atoms with Gasteiger partial charge in [0.25, 0.3) is 0 Å². The first kappa shape index (κ1) is 12.3. The van der Waals surface area contributed by atoms with E-state index in [2.05, 4.69) is 16.4 Å². The standard InChI is InChI=1S/C14H15ClN2S/c15-13-7-11-9-17-4-1-10(11)8-14(13)18-12-2-5-16-6-3-12/h1,4,7-9,12,16H,2-3,5-6H2. The maximum absolute atomic E-state index is 6.36. The van der Waals surface area contributed by atoms with Crippen LogP contribution in [-0.2, 0) is 0 Å². The number of fused-ring (bicyclic) bond motifs is 1. The first-order chi connectivity index (χ1) is 8.83. The maximum atomic E-state index is 6.36. The van der Waals surface area contributed by atoms with Gasteiger partial charge in [0, 0.05) is 27.9 Å². The Bertz CT molecular complexity index is 552. The molecule has 1 fully saturated rings. The van der Waals surface area contributed by atoms with E-state index in [1.807, 2.05) is 36.3 Å². The van der Waals surface area contributed by atoms with Crippen LogP contribution in [0, 0.1) is 0 Å². The lowest BCUT2D eigenvalue weighted by Crippen LogP contribution is -2.29. The van der Waals surface area contributed by atoms with Crippen molar-refractivity contribution >= 4 is 34.1 Å². The van der Waals surface area contributed by atoms with Crippen LogP contribution in [0.5, 0.6) is 0 Å². The number of pyridine rings is 1. The highest BCUT2D eigenvalue weighted by Gasteiger charge is 2.16. The fourth-order valence-electron chi connectivity index (χ4n) is 2.27. The third kappa shape index (κ3) is 2.63. The summed E-state index contributed by atoms with van der Waals surface area (Å²) in [7, 11) is 0. The average molecular weight is 279 g/mol. The summed E-state index contributed by atoms with van der Waals surface area (Å²) in [6.07, 6.45) is 6.13. The van der Waals surface area contributed by atoms with Gasteiger partial charge in [-0.1, -0.05) is 11.6 Å². The first-order valence-corrected chi connectivity index (χ1v) is 7.49. The molecule has 0 bridgehead atoms. The van der Waals surface area contributed by atoms with E-state index in [0.29, 0.717) is 5.25 Å². The second kappa shape index (κ2) is 5.47. The van der Waals surface area contributed by atoms with Gasteiger partial charge in [-0.3, -0.25) is 4.98 Å². The molecule has 4 heteroatoms. The summed E-state index contributed by atoms with van der Waals surface area (Å²) in [5, 5.41) is 7.24. The predicted octanol–water partition coefficient (Wildman–Crippen LogP) is 3.73. The van der Waals surface area contributed by atoms with E-state index in [1.54, 1.807) is 0 Å². The number of piperidine rings is 1. The van der Waals surface area contributed by atoms with Crippen LogP contribution in [-0.4, -0.2) is 23.3 Å². The Morgan fingerprint density at radius 2 is 2.06 bits per heavy atom. The van der Waals surface area contributed by atoms with Crippen molar-refractivity contribution in [3.8, 4) is 0 Å². The van der Waals surface area contributed by atoms with Crippen LogP contribution in [0.25, 0.3) is 10.8 Å². The Morgan fingerprint density at radius 1 is 1.22 bits per heavy atom. The molecule has 0 saturated carbocycles. The van der Waals surface area contributed by atoms with E-state index < -0.39 is 0 Å². The number of rotatable bonds is 2. The van der Waals surface area contributed by atoms with Crippen molar-refractivity contribution in [3.63, 3.8) is 0 Å². The lowest BCUT2D eigenvalue weighted by Gasteiger charge is -2.22. The number of benzene rings is 1. The minimum absolute atomic E-state index is 0.683. The van der Waals surface area contributed by atoms with Crippen LogP contribution in [0.1, 0.15) is 12.8 Å². The van der Waals surface area contributed by atoms with Crippen molar-refractivity contribution in [3.05, 3.63) is 35.6 Å². The Hall–Kier alpha value is -0.770. The lowest BCUT2D eigenvalue weighted by atomic mass is 10.2. The van der Waals surface area contributed by atoms with E-state index in [0.717, 1.165) is 23.5 Å².